The molecule has 0 atom stereocenters. The molecule has 0 N–H and O–H groups in total. The smallest absolute Gasteiger partial charge is 0.255 e. The predicted octanol–water partition coefficient (Wildman–Crippen LogP) is 3.76. The van der Waals surface area contributed by atoms with Crippen molar-refractivity contribution in [3.63, 3.8) is 0 Å². The topological polar surface area (TPSA) is 20.3 Å². The van der Waals surface area contributed by atoms with E-state index in [0.29, 0.717) is 0 Å². The summed E-state index contributed by atoms with van der Waals surface area (Å²) in [6.07, 6.45) is 0. The second-order valence-electron chi connectivity index (χ2n) is 2.72. The Hall–Kier alpha value is 0.130. The van der Waals surface area contributed by atoms with Crippen molar-refractivity contribution in [2.45, 2.75) is 13.8 Å². The van der Waals surface area contributed by atoms with Crippen LogP contribution in [0.2, 0.25) is 0 Å². The molecule has 5 heteroatoms. The molecule has 0 aliphatic rings. The number of rotatable bonds is 3. The second kappa shape index (κ2) is 5.28. The van der Waals surface area contributed by atoms with E-state index in [-0.39, 0.29) is 5.91 Å². The monoisotopic (exact) mass is 339 g/mol. The van der Waals surface area contributed by atoms with Gasteiger partial charge in [0.2, 0.25) is 0 Å². The Labute approximate surface area is 105 Å². The summed E-state index contributed by atoms with van der Waals surface area (Å²) in [6, 6.07) is 1.86. The Kier molecular flexibility index (Phi) is 4.60. The van der Waals surface area contributed by atoms with Crippen LogP contribution in [0, 0.1) is 0 Å². The molecule has 1 heterocycles. The van der Waals surface area contributed by atoms with Crippen LogP contribution in [0.4, 0.5) is 0 Å². The maximum absolute atomic E-state index is 11.9. The first-order valence-corrected chi connectivity index (χ1v) is 6.74. The highest BCUT2D eigenvalue weighted by molar-refractivity contribution is 9.12. The van der Waals surface area contributed by atoms with Crippen molar-refractivity contribution in [3.05, 3.63) is 19.2 Å². The van der Waals surface area contributed by atoms with E-state index in [4.69, 9.17) is 0 Å². The van der Waals surface area contributed by atoms with Crippen molar-refractivity contribution in [1.29, 1.82) is 0 Å². The predicted molar refractivity (Wildman–Crippen MR) is 67.0 cm³/mol. The highest BCUT2D eigenvalue weighted by atomic mass is 79.9. The largest absolute Gasteiger partial charge is 0.339 e. The average molecular weight is 341 g/mol. The molecule has 2 nitrogen and oxygen atoms in total. The minimum absolute atomic E-state index is 0.0869. The zero-order valence-corrected chi connectivity index (χ0v) is 12.0. The molecule has 0 spiro atoms. The van der Waals surface area contributed by atoms with Gasteiger partial charge in [0.1, 0.15) is 0 Å². The average Bonchev–Trinajstić information content (AvgIpc) is 2.47. The summed E-state index contributed by atoms with van der Waals surface area (Å²) in [5, 5.41) is 0. The molecule has 1 aromatic heterocycles. The lowest BCUT2D eigenvalue weighted by atomic mass is 10.3. The van der Waals surface area contributed by atoms with Crippen molar-refractivity contribution >= 4 is 49.1 Å². The van der Waals surface area contributed by atoms with E-state index in [1.54, 1.807) is 4.90 Å². The maximum atomic E-state index is 11.9. The molecule has 14 heavy (non-hydrogen) atoms. The number of nitrogens with zero attached hydrogens (tertiary/aromatic N) is 1. The summed E-state index contributed by atoms with van der Waals surface area (Å²) in [7, 11) is 0. The summed E-state index contributed by atoms with van der Waals surface area (Å²) in [5.41, 5.74) is 0.741. The standard InChI is InChI=1S/C9H11Br2NOS/c1-3-12(4-2)9(13)6-5-7(10)14-8(6)11/h5H,3-4H2,1-2H3. The van der Waals surface area contributed by atoms with Gasteiger partial charge in [0, 0.05) is 13.1 Å². The lowest BCUT2D eigenvalue weighted by Gasteiger charge is -2.17. The minimum Gasteiger partial charge on any atom is -0.339 e. The van der Waals surface area contributed by atoms with Crippen molar-refractivity contribution in [3.8, 4) is 0 Å². The van der Waals surface area contributed by atoms with Gasteiger partial charge in [-0.25, -0.2) is 0 Å². The third-order valence-electron chi connectivity index (χ3n) is 1.94. The molecule has 0 aromatic carbocycles. The van der Waals surface area contributed by atoms with Gasteiger partial charge < -0.3 is 4.90 Å². The van der Waals surface area contributed by atoms with E-state index in [2.05, 4.69) is 31.9 Å². The van der Waals surface area contributed by atoms with Crippen molar-refractivity contribution in [2.24, 2.45) is 0 Å². The van der Waals surface area contributed by atoms with Gasteiger partial charge in [-0.05, 0) is 51.8 Å². The molecule has 0 fully saturated rings. The van der Waals surface area contributed by atoms with E-state index >= 15 is 0 Å². The Balaban J connectivity index is 2.93. The number of halogens is 2. The van der Waals surface area contributed by atoms with E-state index in [1.807, 2.05) is 19.9 Å². The second-order valence-corrected chi connectivity index (χ2v) is 6.46. The molecule has 0 aliphatic heterocycles. The van der Waals surface area contributed by atoms with Crippen LogP contribution in [-0.4, -0.2) is 23.9 Å². The number of thiophene rings is 1. The molecule has 78 valence electrons. The molecular formula is C9H11Br2NOS. The molecule has 0 radical (unpaired) electrons. The summed E-state index contributed by atoms with van der Waals surface area (Å²) >= 11 is 8.27. The summed E-state index contributed by atoms with van der Waals surface area (Å²) < 4.78 is 1.86. The van der Waals surface area contributed by atoms with E-state index in [9.17, 15) is 4.79 Å². The Morgan fingerprint density at radius 1 is 1.43 bits per heavy atom. The quantitative estimate of drug-likeness (QED) is 0.820. The fourth-order valence-corrected chi connectivity index (χ4v) is 3.94. The van der Waals surface area contributed by atoms with Gasteiger partial charge in [0.25, 0.3) is 5.91 Å². The summed E-state index contributed by atoms with van der Waals surface area (Å²) in [5.74, 6) is 0.0869. The summed E-state index contributed by atoms with van der Waals surface area (Å²) in [6.45, 7) is 5.46. The molecule has 1 amide bonds. The molecule has 0 unspecified atom stereocenters. The zero-order valence-electron chi connectivity index (χ0n) is 8.01. The third-order valence-corrected chi connectivity index (χ3v) is 4.28. The first-order chi connectivity index (χ1) is 6.60. The Morgan fingerprint density at radius 2 is 2.00 bits per heavy atom. The highest BCUT2D eigenvalue weighted by Crippen LogP contribution is 2.32. The van der Waals surface area contributed by atoms with Gasteiger partial charge in [-0.15, -0.1) is 11.3 Å². The fourth-order valence-electron chi connectivity index (χ4n) is 1.17. The van der Waals surface area contributed by atoms with Gasteiger partial charge >= 0.3 is 0 Å². The minimum atomic E-state index is 0.0869. The zero-order chi connectivity index (χ0) is 10.7. The van der Waals surface area contributed by atoms with E-state index in [1.165, 1.54) is 11.3 Å². The van der Waals surface area contributed by atoms with Crippen LogP contribution in [0.1, 0.15) is 24.2 Å². The van der Waals surface area contributed by atoms with Gasteiger partial charge in [0.15, 0.2) is 0 Å². The number of hydrogen-bond acceptors (Lipinski definition) is 2. The van der Waals surface area contributed by atoms with Gasteiger partial charge in [0.05, 0.1) is 13.1 Å². The normalized spacial score (nSPS) is 10.3. The number of carbonyl (C=O) groups excluding carboxylic acids is 1. The third kappa shape index (κ3) is 2.58. The first kappa shape index (κ1) is 12.2. The highest BCUT2D eigenvalue weighted by Gasteiger charge is 2.17. The Bertz CT molecular complexity index is 334. The molecule has 0 bridgehead atoms. The molecule has 0 aliphatic carbocycles. The van der Waals surface area contributed by atoms with Crippen LogP contribution in [0.3, 0.4) is 0 Å². The first-order valence-electron chi connectivity index (χ1n) is 4.34. The molecule has 0 saturated carbocycles. The summed E-state index contributed by atoms with van der Waals surface area (Å²) in [4.78, 5) is 13.7. The van der Waals surface area contributed by atoms with Crippen LogP contribution >= 0.6 is 43.2 Å². The van der Waals surface area contributed by atoms with Crippen LogP contribution in [0.5, 0.6) is 0 Å². The number of hydrogen-bond donors (Lipinski definition) is 0. The Morgan fingerprint density at radius 3 is 2.36 bits per heavy atom. The maximum Gasteiger partial charge on any atom is 0.255 e. The molecule has 1 rings (SSSR count). The van der Waals surface area contributed by atoms with Crippen LogP contribution < -0.4 is 0 Å². The van der Waals surface area contributed by atoms with Gasteiger partial charge in [-0.2, -0.15) is 0 Å². The van der Waals surface area contributed by atoms with Crippen LogP contribution in [0.15, 0.2) is 13.6 Å². The van der Waals surface area contributed by atoms with E-state index in [0.717, 1.165) is 26.2 Å². The van der Waals surface area contributed by atoms with Crippen molar-refractivity contribution < 1.29 is 4.79 Å². The van der Waals surface area contributed by atoms with Crippen molar-refractivity contribution in [1.82, 2.24) is 4.90 Å². The van der Waals surface area contributed by atoms with Gasteiger partial charge in [-0.3, -0.25) is 4.79 Å². The fraction of sp³-hybridized carbons (Fsp3) is 0.444. The lowest BCUT2D eigenvalue weighted by molar-refractivity contribution is 0.0772. The SMILES string of the molecule is CCN(CC)C(=O)c1cc(Br)sc1Br. The van der Waals surface area contributed by atoms with Crippen LogP contribution in [-0.2, 0) is 0 Å². The van der Waals surface area contributed by atoms with Gasteiger partial charge in [-0.1, -0.05) is 0 Å². The van der Waals surface area contributed by atoms with E-state index < -0.39 is 0 Å². The van der Waals surface area contributed by atoms with Crippen molar-refractivity contribution in [2.75, 3.05) is 13.1 Å². The number of carbonyl (C=O) groups is 1. The lowest BCUT2D eigenvalue weighted by Crippen LogP contribution is -2.30. The number of amides is 1. The molecule has 0 saturated heterocycles. The molecular weight excluding hydrogens is 330 g/mol. The molecule has 1 aromatic rings. The van der Waals surface area contributed by atoms with Crippen LogP contribution in [0.25, 0.3) is 0 Å².